The lowest BCUT2D eigenvalue weighted by atomic mass is 9.98. The van der Waals surface area contributed by atoms with Crippen molar-refractivity contribution in [1.82, 2.24) is 10.2 Å². The molecule has 2 N–H and O–H groups in total. The van der Waals surface area contributed by atoms with Crippen molar-refractivity contribution in [2.24, 2.45) is 0 Å². The van der Waals surface area contributed by atoms with Crippen molar-refractivity contribution in [3.8, 4) is 11.1 Å². The summed E-state index contributed by atoms with van der Waals surface area (Å²) in [6.07, 6.45) is -1.25. The van der Waals surface area contributed by atoms with Gasteiger partial charge in [-0.2, -0.15) is 0 Å². The topological polar surface area (TPSA) is 105 Å². The minimum absolute atomic E-state index is 0.0422. The van der Waals surface area contributed by atoms with E-state index in [9.17, 15) is 19.5 Å². The van der Waals surface area contributed by atoms with E-state index >= 15 is 0 Å². The van der Waals surface area contributed by atoms with E-state index in [0.717, 1.165) is 27.8 Å². The molecular weight excluding hydrogens is 484 g/mol. The zero-order valence-corrected chi connectivity index (χ0v) is 20.9. The maximum Gasteiger partial charge on any atom is 0.407 e. The Labute approximate surface area is 221 Å². The molecule has 1 saturated heterocycles. The number of amides is 2. The predicted molar refractivity (Wildman–Crippen MR) is 140 cm³/mol. The highest BCUT2D eigenvalue weighted by Crippen LogP contribution is 2.44. The van der Waals surface area contributed by atoms with Gasteiger partial charge in [-0.05, 0) is 34.2 Å². The van der Waals surface area contributed by atoms with Crippen LogP contribution in [0.3, 0.4) is 0 Å². The second-order valence-corrected chi connectivity index (χ2v) is 9.55. The van der Waals surface area contributed by atoms with Crippen LogP contribution in [0, 0.1) is 0 Å². The van der Waals surface area contributed by atoms with Crippen LogP contribution in [0.4, 0.5) is 4.79 Å². The molecule has 1 aliphatic carbocycles. The third-order valence-corrected chi connectivity index (χ3v) is 7.11. The summed E-state index contributed by atoms with van der Waals surface area (Å²) >= 11 is 0. The molecule has 0 aromatic heterocycles. The molecule has 2 atom stereocenters. The maximum absolute atomic E-state index is 13.4. The van der Waals surface area contributed by atoms with E-state index in [1.807, 2.05) is 54.6 Å². The molecule has 196 valence electrons. The van der Waals surface area contributed by atoms with E-state index in [1.54, 1.807) is 0 Å². The van der Waals surface area contributed by atoms with Crippen LogP contribution in [0.5, 0.6) is 0 Å². The van der Waals surface area contributed by atoms with Crippen LogP contribution >= 0.6 is 0 Å². The molecule has 8 nitrogen and oxygen atoms in total. The Morgan fingerprint density at radius 1 is 0.921 bits per heavy atom. The Morgan fingerprint density at radius 2 is 1.55 bits per heavy atom. The van der Waals surface area contributed by atoms with Crippen LogP contribution in [-0.2, 0) is 25.6 Å². The van der Waals surface area contributed by atoms with Gasteiger partial charge in [-0.25, -0.2) is 4.79 Å². The van der Waals surface area contributed by atoms with E-state index < -0.39 is 24.2 Å². The lowest BCUT2D eigenvalue weighted by Crippen LogP contribution is -2.50. The molecule has 1 heterocycles. The molecule has 0 bridgehead atoms. The minimum Gasteiger partial charge on any atom is -0.481 e. The number of ether oxygens (including phenoxy) is 2. The molecule has 0 unspecified atom stereocenters. The molecule has 0 radical (unpaired) electrons. The van der Waals surface area contributed by atoms with Crippen molar-refractivity contribution in [3.05, 3.63) is 95.6 Å². The summed E-state index contributed by atoms with van der Waals surface area (Å²) < 4.78 is 11.4. The van der Waals surface area contributed by atoms with Crippen LogP contribution in [0.25, 0.3) is 11.1 Å². The van der Waals surface area contributed by atoms with Gasteiger partial charge in [-0.1, -0.05) is 78.9 Å². The number of alkyl carbamates (subject to hydrolysis) is 1. The third-order valence-electron chi connectivity index (χ3n) is 7.11. The summed E-state index contributed by atoms with van der Waals surface area (Å²) in [5.74, 6) is -1.41. The van der Waals surface area contributed by atoms with Crippen molar-refractivity contribution in [2.75, 3.05) is 19.8 Å². The quantitative estimate of drug-likeness (QED) is 0.444. The molecule has 1 aliphatic heterocycles. The van der Waals surface area contributed by atoms with E-state index in [1.165, 1.54) is 4.90 Å². The van der Waals surface area contributed by atoms with Gasteiger partial charge in [-0.15, -0.1) is 0 Å². The zero-order valence-electron chi connectivity index (χ0n) is 20.9. The molecule has 0 spiro atoms. The number of hydrogen-bond donors (Lipinski definition) is 2. The molecule has 5 rings (SSSR count). The molecule has 3 aromatic rings. The number of benzene rings is 3. The Morgan fingerprint density at radius 3 is 2.21 bits per heavy atom. The van der Waals surface area contributed by atoms with Crippen molar-refractivity contribution in [3.63, 3.8) is 0 Å². The fourth-order valence-electron chi connectivity index (χ4n) is 5.25. The van der Waals surface area contributed by atoms with E-state index in [4.69, 9.17) is 9.47 Å². The summed E-state index contributed by atoms with van der Waals surface area (Å²) in [6, 6.07) is 25.0. The largest absolute Gasteiger partial charge is 0.481 e. The summed E-state index contributed by atoms with van der Waals surface area (Å²) in [5, 5.41) is 12.0. The van der Waals surface area contributed by atoms with Gasteiger partial charge >= 0.3 is 12.1 Å². The molecule has 2 aliphatic rings. The lowest BCUT2D eigenvalue weighted by Gasteiger charge is -2.28. The van der Waals surface area contributed by atoms with Gasteiger partial charge in [0, 0.05) is 25.6 Å². The Hall–Kier alpha value is -4.17. The van der Waals surface area contributed by atoms with Gasteiger partial charge < -0.3 is 24.8 Å². The van der Waals surface area contributed by atoms with Crippen LogP contribution in [0.1, 0.15) is 35.4 Å². The smallest absolute Gasteiger partial charge is 0.407 e. The third kappa shape index (κ3) is 5.55. The predicted octanol–water partition coefficient (Wildman–Crippen LogP) is 4.19. The van der Waals surface area contributed by atoms with Gasteiger partial charge in [0.1, 0.15) is 6.61 Å². The van der Waals surface area contributed by atoms with E-state index in [2.05, 4.69) is 29.6 Å². The number of hydrogen-bond acceptors (Lipinski definition) is 5. The Balaban J connectivity index is 1.23. The molecular formula is C30H30N2O6. The van der Waals surface area contributed by atoms with Gasteiger partial charge in [-0.3, -0.25) is 9.59 Å². The van der Waals surface area contributed by atoms with Gasteiger partial charge in [0.2, 0.25) is 0 Å². The highest BCUT2D eigenvalue weighted by molar-refractivity contribution is 5.83. The number of fused-ring (bicyclic) bond motifs is 3. The monoisotopic (exact) mass is 514 g/mol. The first-order valence-corrected chi connectivity index (χ1v) is 12.8. The van der Waals surface area contributed by atoms with E-state index in [-0.39, 0.29) is 37.9 Å². The average molecular weight is 515 g/mol. The Kier molecular flexibility index (Phi) is 7.70. The van der Waals surface area contributed by atoms with Gasteiger partial charge in [0.05, 0.1) is 12.5 Å². The first kappa shape index (κ1) is 25.5. The summed E-state index contributed by atoms with van der Waals surface area (Å²) in [7, 11) is 0. The normalized spacial score (nSPS) is 17.9. The highest BCUT2D eigenvalue weighted by atomic mass is 16.6. The van der Waals surface area contributed by atoms with E-state index in [0.29, 0.717) is 13.0 Å². The first-order chi connectivity index (χ1) is 18.5. The maximum atomic E-state index is 13.4. The molecule has 0 saturated carbocycles. The van der Waals surface area contributed by atoms with Crippen LogP contribution in [0.2, 0.25) is 0 Å². The second kappa shape index (κ2) is 11.5. The van der Waals surface area contributed by atoms with Crippen LogP contribution in [-0.4, -0.2) is 59.9 Å². The lowest BCUT2D eigenvalue weighted by molar-refractivity contribution is -0.144. The number of carbonyl (C=O) groups excluding carboxylic acids is 2. The zero-order chi connectivity index (χ0) is 26.5. The number of nitrogens with one attached hydrogen (secondary N) is 1. The van der Waals surface area contributed by atoms with Crippen molar-refractivity contribution < 1.29 is 29.0 Å². The summed E-state index contributed by atoms with van der Waals surface area (Å²) in [4.78, 5) is 38.9. The molecule has 3 aromatic carbocycles. The molecule has 38 heavy (non-hydrogen) atoms. The van der Waals surface area contributed by atoms with Crippen molar-refractivity contribution in [2.45, 2.75) is 37.5 Å². The highest BCUT2D eigenvalue weighted by Gasteiger charge is 2.38. The number of nitrogens with zero attached hydrogens (tertiary/aromatic N) is 1. The van der Waals surface area contributed by atoms with Gasteiger partial charge in [0.25, 0.3) is 5.91 Å². The number of carbonyl (C=O) groups is 3. The van der Waals surface area contributed by atoms with Gasteiger partial charge in [0.15, 0.2) is 6.10 Å². The summed E-state index contributed by atoms with van der Waals surface area (Å²) in [6.45, 7) is 0.776. The van der Waals surface area contributed by atoms with Crippen molar-refractivity contribution >= 4 is 18.0 Å². The second-order valence-electron chi connectivity index (χ2n) is 9.55. The molecule has 1 fully saturated rings. The number of carboxylic acids is 1. The van der Waals surface area contributed by atoms with Crippen LogP contribution < -0.4 is 5.32 Å². The molecule has 8 heteroatoms. The van der Waals surface area contributed by atoms with Crippen LogP contribution in [0.15, 0.2) is 78.9 Å². The first-order valence-electron chi connectivity index (χ1n) is 12.8. The number of rotatable bonds is 9. The van der Waals surface area contributed by atoms with Crippen molar-refractivity contribution in [1.29, 1.82) is 0 Å². The fraction of sp³-hybridized carbons (Fsp3) is 0.300. The molecule has 2 amide bonds. The fourth-order valence-corrected chi connectivity index (χ4v) is 5.25. The number of carboxylic acid groups (broad SMARTS) is 1. The number of aliphatic carboxylic acids is 1. The standard InChI is InChI=1S/C30H30N2O6/c33-27(34)14-16-32(18-20-8-2-1-3-9-20)29(35)28-26(15-17-37-28)31-30(36)38-19-25-23-12-6-4-10-21(23)22-11-5-7-13-24(22)25/h1-13,25-26,28H,14-19H2,(H,31,36)(H,33,34)/t26-,28+/m0/s1. The minimum atomic E-state index is -0.989. The Bertz CT molecular complexity index is 1270. The average Bonchev–Trinajstić information content (AvgIpc) is 3.52. The summed E-state index contributed by atoms with van der Waals surface area (Å²) in [5.41, 5.74) is 5.41. The SMILES string of the molecule is O=C(O)CCN(Cc1ccccc1)C(=O)[C@@H]1OCC[C@@H]1NC(=O)OCC1c2ccccc2-c2ccccc21.